The van der Waals surface area contributed by atoms with Crippen molar-refractivity contribution in [3.63, 3.8) is 0 Å². The van der Waals surface area contributed by atoms with Gasteiger partial charge >= 0.3 is 0 Å². The number of rotatable bonds is 8. The molecule has 1 amide bonds. The molecule has 2 rings (SSSR count). The highest BCUT2D eigenvalue weighted by Gasteiger charge is 2.22. The SMILES string of the molecule is CCOc1ccc(C[NH+](C)[C@@H](C)C(=O)Nc2ccc(F)cc2)cc1OC. The molecule has 0 heterocycles. The lowest BCUT2D eigenvalue weighted by molar-refractivity contribution is -0.907. The molecule has 26 heavy (non-hydrogen) atoms. The molecular formula is C20H26FN2O3+. The fraction of sp³-hybridized carbons (Fsp3) is 0.350. The number of quaternary nitrogens is 1. The molecule has 0 saturated heterocycles. The topological polar surface area (TPSA) is 52.0 Å². The molecule has 6 heteroatoms. The summed E-state index contributed by atoms with van der Waals surface area (Å²) in [5.74, 6) is 0.939. The molecule has 0 aliphatic rings. The third kappa shape index (κ3) is 5.20. The van der Waals surface area contributed by atoms with Crippen molar-refractivity contribution >= 4 is 11.6 Å². The van der Waals surface area contributed by atoms with Crippen LogP contribution in [0.15, 0.2) is 42.5 Å². The molecule has 5 nitrogen and oxygen atoms in total. The van der Waals surface area contributed by atoms with E-state index in [1.54, 1.807) is 19.2 Å². The lowest BCUT2D eigenvalue weighted by atomic mass is 10.1. The predicted molar refractivity (Wildman–Crippen MR) is 99.2 cm³/mol. The van der Waals surface area contributed by atoms with Gasteiger partial charge in [-0.25, -0.2) is 4.39 Å². The summed E-state index contributed by atoms with van der Waals surface area (Å²) in [5, 5.41) is 2.81. The molecule has 0 aliphatic heterocycles. The summed E-state index contributed by atoms with van der Waals surface area (Å²) in [6, 6.07) is 11.2. The summed E-state index contributed by atoms with van der Waals surface area (Å²) in [6.07, 6.45) is 0. The van der Waals surface area contributed by atoms with Gasteiger partial charge in [-0.1, -0.05) is 0 Å². The molecule has 0 aliphatic carbocycles. The molecule has 0 saturated carbocycles. The van der Waals surface area contributed by atoms with Crippen molar-refractivity contribution in [2.75, 3.05) is 26.1 Å². The molecule has 0 fully saturated rings. The summed E-state index contributed by atoms with van der Waals surface area (Å²) in [5.41, 5.74) is 1.63. The van der Waals surface area contributed by atoms with Crippen molar-refractivity contribution in [2.45, 2.75) is 26.4 Å². The number of hydrogen-bond donors (Lipinski definition) is 2. The first kappa shape index (κ1) is 19.7. The number of benzene rings is 2. The van der Waals surface area contributed by atoms with E-state index in [4.69, 9.17) is 9.47 Å². The number of methoxy groups -OCH3 is 1. The quantitative estimate of drug-likeness (QED) is 0.758. The average molecular weight is 361 g/mol. The zero-order valence-electron chi connectivity index (χ0n) is 15.6. The molecule has 2 N–H and O–H groups in total. The molecule has 0 spiro atoms. The normalized spacial score (nSPS) is 13.0. The van der Waals surface area contributed by atoms with E-state index in [0.717, 1.165) is 10.5 Å². The zero-order valence-corrected chi connectivity index (χ0v) is 15.6. The van der Waals surface area contributed by atoms with E-state index in [0.29, 0.717) is 30.3 Å². The van der Waals surface area contributed by atoms with Gasteiger partial charge in [-0.3, -0.25) is 4.79 Å². The lowest BCUT2D eigenvalue weighted by Gasteiger charge is -2.21. The van der Waals surface area contributed by atoms with Gasteiger partial charge in [-0.2, -0.15) is 0 Å². The van der Waals surface area contributed by atoms with Gasteiger partial charge in [-0.15, -0.1) is 0 Å². The van der Waals surface area contributed by atoms with Gasteiger partial charge in [0.25, 0.3) is 5.91 Å². The van der Waals surface area contributed by atoms with Gasteiger partial charge < -0.3 is 19.7 Å². The van der Waals surface area contributed by atoms with Crippen molar-refractivity contribution in [3.05, 3.63) is 53.8 Å². The minimum absolute atomic E-state index is 0.119. The van der Waals surface area contributed by atoms with Crippen LogP contribution in [-0.4, -0.2) is 32.7 Å². The third-order valence-electron chi connectivity index (χ3n) is 4.26. The van der Waals surface area contributed by atoms with E-state index in [9.17, 15) is 9.18 Å². The van der Waals surface area contributed by atoms with Crippen LogP contribution in [0.5, 0.6) is 11.5 Å². The number of amides is 1. The summed E-state index contributed by atoms with van der Waals surface area (Å²) < 4.78 is 23.9. The number of carbonyl (C=O) groups is 1. The first-order valence-corrected chi connectivity index (χ1v) is 8.63. The van der Waals surface area contributed by atoms with Crippen LogP contribution in [0.3, 0.4) is 0 Å². The van der Waals surface area contributed by atoms with Crippen LogP contribution in [0.1, 0.15) is 19.4 Å². The molecule has 2 aromatic rings. The summed E-state index contributed by atoms with van der Waals surface area (Å²) in [7, 11) is 3.56. The molecule has 0 bridgehead atoms. The van der Waals surface area contributed by atoms with Crippen molar-refractivity contribution in [1.82, 2.24) is 0 Å². The van der Waals surface area contributed by atoms with Crippen LogP contribution < -0.4 is 19.7 Å². The van der Waals surface area contributed by atoms with Crippen molar-refractivity contribution in [1.29, 1.82) is 0 Å². The second kappa shape index (κ2) is 9.20. The van der Waals surface area contributed by atoms with Crippen LogP contribution in [-0.2, 0) is 11.3 Å². The van der Waals surface area contributed by atoms with Crippen LogP contribution in [0.4, 0.5) is 10.1 Å². The highest BCUT2D eigenvalue weighted by molar-refractivity contribution is 5.93. The highest BCUT2D eigenvalue weighted by Crippen LogP contribution is 2.27. The Morgan fingerprint density at radius 2 is 1.88 bits per heavy atom. The zero-order chi connectivity index (χ0) is 19.1. The van der Waals surface area contributed by atoms with Crippen LogP contribution >= 0.6 is 0 Å². The van der Waals surface area contributed by atoms with Crippen molar-refractivity contribution < 1.29 is 23.6 Å². The maximum absolute atomic E-state index is 13.0. The van der Waals surface area contributed by atoms with E-state index in [1.807, 2.05) is 39.1 Å². The number of hydrogen-bond acceptors (Lipinski definition) is 3. The second-order valence-corrected chi connectivity index (χ2v) is 6.16. The number of halogens is 1. The minimum Gasteiger partial charge on any atom is -0.493 e. The number of carbonyl (C=O) groups excluding carboxylic acids is 1. The lowest BCUT2D eigenvalue weighted by Crippen LogP contribution is -3.12. The van der Waals surface area contributed by atoms with Crippen LogP contribution in [0, 0.1) is 5.82 Å². The van der Waals surface area contributed by atoms with Crippen LogP contribution in [0.2, 0.25) is 0 Å². The van der Waals surface area contributed by atoms with Crippen LogP contribution in [0.25, 0.3) is 0 Å². The fourth-order valence-electron chi connectivity index (χ4n) is 2.58. The maximum atomic E-state index is 13.0. The van der Waals surface area contributed by atoms with Gasteiger partial charge in [0.15, 0.2) is 17.5 Å². The van der Waals surface area contributed by atoms with E-state index in [2.05, 4.69) is 5.32 Å². The first-order chi connectivity index (χ1) is 12.4. The van der Waals surface area contributed by atoms with Crippen molar-refractivity contribution in [3.8, 4) is 11.5 Å². The standard InChI is InChI=1S/C20H25FN2O3/c1-5-26-18-11-6-15(12-19(18)25-4)13-23(3)14(2)20(24)22-17-9-7-16(21)8-10-17/h6-12,14H,5,13H2,1-4H3,(H,22,24)/p+1/t14-/m0/s1. The van der Waals surface area contributed by atoms with Gasteiger partial charge in [0.05, 0.1) is 20.8 Å². The summed E-state index contributed by atoms with van der Waals surface area (Å²) in [6.45, 7) is 5.01. The highest BCUT2D eigenvalue weighted by atomic mass is 19.1. The summed E-state index contributed by atoms with van der Waals surface area (Å²) in [4.78, 5) is 13.4. The first-order valence-electron chi connectivity index (χ1n) is 8.63. The Kier molecular flexibility index (Phi) is 6.97. The van der Waals surface area contributed by atoms with Gasteiger partial charge in [0.2, 0.25) is 0 Å². The molecular weight excluding hydrogens is 335 g/mol. The summed E-state index contributed by atoms with van der Waals surface area (Å²) >= 11 is 0. The smallest absolute Gasteiger partial charge is 0.282 e. The van der Waals surface area contributed by atoms with Gasteiger partial charge in [-0.05, 0) is 56.3 Å². The largest absolute Gasteiger partial charge is 0.493 e. The third-order valence-corrected chi connectivity index (χ3v) is 4.26. The maximum Gasteiger partial charge on any atom is 0.282 e. The van der Waals surface area contributed by atoms with E-state index in [1.165, 1.54) is 12.1 Å². The average Bonchev–Trinajstić information content (AvgIpc) is 2.64. The Hall–Kier alpha value is -2.60. The molecule has 2 atom stereocenters. The van der Waals surface area contributed by atoms with Gasteiger partial charge in [0, 0.05) is 11.3 Å². The minimum atomic E-state index is -0.330. The second-order valence-electron chi connectivity index (χ2n) is 6.16. The van der Waals surface area contributed by atoms with E-state index < -0.39 is 0 Å². The number of likely N-dealkylation sites (N-methyl/N-ethyl adjacent to an activating group) is 1. The molecule has 140 valence electrons. The molecule has 2 aromatic carbocycles. The number of nitrogens with one attached hydrogen (secondary N) is 2. The predicted octanol–water partition coefficient (Wildman–Crippen LogP) is 2.27. The molecule has 0 aromatic heterocycles. The number of ether oxygens (including phenoxy) is 2. The molecule has 0 radical (unpaired) electrons. The van der Waals surface area contributed by atoms with Gasteiger partial charge in [0.1, 0.15) is 12.4 Å². The number of anilines is 1. The Bertz CT molecular complexity index is 734. The van der Waals surface area contributed by atoms with Crippen molar-refractivity contribution in [2.24, 2.45) is 0 Å². The molecule has 1 unspecified atom stereocenters. The Balaban J connectivity index is 2.00. The van der Waals surface area contributed by atoms with E-state index >= 15 is 0 Å². The Morgan fingerprint density at radius 1 is 1.19 bits per heavy atom. The Morgan fingerprint density at radius 3 is 2.50 bits per heavy atom. The van der Waals surface area contributed by atoms with E-state index in [-0.39, 0.29) is 17.8 Å². The fourth-order valence-corrected chi connectivity index (χ4v) is 2.58. The monoisotopic (exact) mass is 361 g/mol. The Labute approximate surface area is 153 Å².